The summed E-state index contributed by atoms with van der Waals surface area (Å²) >= 11 is 6.00. The van der Waals surface area contributed by atoms with E-state index in [2.05, 4.69) is 27.8 Å². The topological polar surface area (TPSA) is 56.9 Å². The first-order valence-electron chi connectivity index (χ1n) is 7.54. The normalized spacial score (nSPS) is 10.8. The van der Waals surface area contributed by atoms with E-state index in [9.17, 15) is 4.79 Å². The molecule has 0 radical (unpaired) electrons. The van der Waals surface area contributed by atoms with Crippen LogP contribution < -0.4 is 10.6 Å². The lowest BCUT2D eigenvalue weighted by molar-refractivity contribution is 0.0954. The number of aromatic amines is 1. The van der Waals surface area contributed by atoms with Gasteiger partial charge in [-0.3, -0.25) is 4.79 Å². The summed E-state index contributed by atoms with van der Waals surface area (Å²) in [6.07, 6.45) is 2.01. The molecule has 1 heterocycles. The van der Waals surface area contributed by atoms with Crippen LogP contribution in [0, 0.1) is 0 Å². The Kier molecular flexibility index (Phi) is 4.95. The summed E-state index contributed by atoms with van der Waals surface area (Å²) in [6, 6.07) is 15.2. The van der Waals surface area contributed by atoms with E-state index >= 15 is 0 Å². The molecule has 0 unspecified atom stereocenters. The fraction of sp³-hybridized carbons (Fsp3) is 0.167. The number of hydrogen-bond acceptors (Lipinski definition) is 2. The molecular weight excluding hydrogens is 310 g/mol. The molecular formula is C18H18ClN3O. The van der Waals surface area contributed by atoms with Crippen molar-refractivity contribution >= 4 is 28.4 Å². The van der Waals surface area contributed by atoms with Gasteiger partial charge >= 0.3 is 0 Å². The number of halogens is 1. The van der Waals surface area contributed by atoms with Gasteiger partial charge in [-0.2, -0.15) is 0 Å². The third-order valence-corrected chi connectivity index (χ3v) is 4.03. The highest BCUT2D eigenvalue weighted by molar-refractivity contribution is 6.33. The van der Waals surface area contributed by atoms with Crippen molar-refractivity contribution in [2.24, 2.45) is 0 Å². The quantitative estimate of drug-likeness (QED) is 0.608. The molecule has 3 rings (SSSR count). The molecule has 0 bridgehead atoms. The molecule has 0 fully saturated rings. The van der Waals surface area contributed by atoms with Gasteiger partial charge in [-0.05, 0) is 23.8 Å². The zero-order valence-corrected chi connectivity index (χ0v) is 13.4. The Morgan fingerprint density at radius 1 is 1.04 bits per heavy atom. The molecule has 3 N–H and O–H groups in total. The third-order valence-electron chi connectivity index (χ3n) is 3.70. The van der Waals surface area contributed by atoms with Gasteiger partial charge in [-0.25, -0.2) is 0 Å². The second kappa shape index (κ2) is 7.31. The summed E-state index contributed by atoms with van der Waals surface area (Å²) in [4.78, 5) is 15.3. The van der Waals surface area contributed by atoms with Crippen LogP contribution >= 0.6 is 11.6 Å². The van der Waals surface area contributed by atoms with Crippen LogP contribution in [0.2, 0.25) is 5.02 Å². The van der Waals surface area contributed by atoms with Gasteiger partial charge in [0.25, 0.3) is 5.91 Å². The zero-order valence-electron chi connectivity index (χ0n) is 12.6. The van der Waals surface area contributed by atoms with Gasteiger partial charge in [0.2, 0.25) is 0 Å². The van der Waals surface area contributed by atoms with Crippen molar-refractivity contribution in [3.8, 4) is 0 Å². The number of rotatable bonds is 6. The van der Waals surface area contributed by atoms with Crippen LogP contribution in [0.3, 0.4) is 0 Å². The largest absolute Gasteiger partial charge is 0.361 e. The van der Waals surface area contributed by atoms with E-state index in [-0.39, 0.29) is 5.91 Å². The Balaban J connectivity index is 1.45. The minimum atomic E-state index is -0.149. The van der Waals surface area contributed by atoms with Crippen molar-refractivity contribution in [1.82, 2.24) is 15.6 Å². The highest BCUT2D eigenvalue weighted by Crippen LogP contribution is 2.17. The van der Waals surface area contributed by atoms with Gasteiger partial charge in [0.1, 0.15) is 0 Å². The lowest BCUT2D eigenvalue weighted by atomic mass is 10.2. The predicted molar refractivity (Wildman–Crippen MR) is 93.8 cm³/mol. The highest BCUT2D eigenvalue weighted by Gasteiger charge is 2.08. The van der Waals surface area contributed by atoms with Crippen LogP contribution in [0.1, 0.15) is 15.9 Å². The summed E-state index contributed by atoms with van der Waals surface area (Å²) in [5.41, 5.74) is 2.86. The number of aromatic nitrogens is 1. The second-order valence-corrected chi connectivity index (χ2v) is 5.68. The number of para-hydroxylation sites is 1. The summed E-state index contributed by atoms with van der Waals surface area (Å²) < 4.78 is 0. The summed E-state index contributed by atoms with van der Waals surface area (Å²) in [5, 5.41) is 7.89. The van der Waals surface area contributed by atoms with Crippen LogP contribution in [0.15, 0.2) is 54.7 Å². The number of amides is 1. The van der Waals surface area contributed by atoms with Crippen molar-refractivity contribution in [2.75, 3.05) is 13.1 Å². The smallest absolute Gasteiger partial charge is 0.252 e. The van der Waals surface area contributed by atoms with Gasteiger partial charge in [0.05, 0.1) is 10.6 Å². The van der Waals surface area contributed by atoms with Gasteiger partial charge in [-0.15, -0.1) is 0 Å². The van der Waals surface area contributed by atoms with Gasteiger partial charge in [-0.1, -0.05) is 41.9 Å². The summed E-state index contributed by atoms with van der Waals surface area (Å²) in [5.74, 6) is -0.149. The molecule has 0 spiro atoms. The number of carbonyl (C=O) groups excluding carboxylic acids is 1. The molecule has 1 aromatic heterocycles. The summed E-state index contributed by atoms with van der Waals surface area (Å²) in [6.45, 7) is 1.99. The van der Waals surface area contributed by atoms with Crippen LogP contribution in [-0.4, -0.2) is 24.0 Å². The molecule has 0 aliphatic carbocycles. The lowest BCUT2D eigenvalue weighted by Gasteiger charge is -2.07. The Bertz CT molecular complexity index is 813. The Labute approximate surface area is 139 Å². The Morgan fingerprint density at radius 3 is 2.70 bits per heavy atom. The molecule has 0 aliphatic rings. The molecule has 0 saturated carbocycles. The van der Waals surface area contributed by atoms with E-state index in [1.807, 2.05) is 24.4 Å². The number of carbonyl (C=O) groups is 1. The maximum atomic E-state index is 12.0. The first-order chi connectivity index (χ1) is 11.3. The van der Waals surface area contributed by atoms with E-state index < -0.39 is 0 Å². The molecule has 4 nitrogen and oxygen atoms in total. The van der Waals surface area contributed by atoms with Gasteiger partial charge in [0.15, 0.2) is 0 Å². The number of hydrogen-bond donors (Lipinski definition) is 3. The van der Waals surface area contributed by atoms with E-state index in [0.29, 0.717) is 23.7 Å². The fourth-order valence-corrected chi connectivity index (χ4v) is 2.73. The van der Waals surface area contributed by atoms with E-state index in [0.717, 1.165) is 12.1 Å². The van der Waals surface area contributed by atoms with Crippen molar-refractivity contribution in [3.63, 3.8) is 0 Å². The van der Waals surface area contributed by atoms with Gasteiger partial charge in [0, 0.05) is 36.7 Å². The molecule has 0 atom stereocenters. The minimum Gasteiger partial charge on any atom is -0.361 e. The first-order valence-corrected chi connectivity index (χ1v) is 7.92. The fourth-order valence-electron chi connectivity index (χ4n) is 2.51. The van der Waals surface area contributed by atoms with Crippen LogP contribution in [0.5, 0.6) is 0 Å². The van der Waals surface area contributed by atoms with Crippen molar-refractivity contribution in [1.29, 1.82) is 0 Å². The molecule has 2 aromatic carbocycles. The molecule has 3 aromatic rings. The number of benzene rings is 2. The first kappa shape index (κ1) is 15.6. The predicted octanol–water partition coefficient (Wildman–Crippen LogP) is 3.34. The average molecular weight is 328 g/mol. The molecule has 5 heteroatoms. The highest BCUT2D eigenvalue weighted by atomic mass is 35.5. The van der Waals surface area contributed by atoms with E-state index in [4.69, 9.17) is 11.6 Å². The number of fused-ring (bicyclic) bond motifs is 1. The maximum Gasteiger partial charge on any atom is 0.252 e. The maximum absolute atomic E-state index is 12.0. The zero-order chi connectivity index (χ0) is 16.1. The Hall–Kier alpha value is -2.30. The number of H-pyrrole nitrogens is 1. The standard InChI is InChI=1S/C18H18ClN3O/c19-16-7-3-1-6-15(16)18(23)21-10-9-20-11-13-12-22-17-8-4-2-5-14(13)17/h1-8,12,20,22H,9-11H2,(H,21,23). The van der Waals surface area contributed by atoms with Crippen LogP contribution in [-0.2, 0) is 6.54 Å². The monoisotopic (exact) mass is 327 g/mol. The van der Waals surface area contributed by atoms with E-state index in [1.165, 1.54) is 10.9 Å². The van der Waals surface area contributed by atoms with Crippen LogP contribution in [0.25, 0.3) is 10.9 Å². The van der Waals surface area contributed by atoms with Crippen molar-refractivity contribution in [2.45, 2.75) is 6.54 Å². The second-order valence-electron chi connectivity index (χ2n) is 5.27. The van der Waals surface area contributed by atoms with E-state index in [1.54, 1.807) is 18.2 Å². The van der Waals surface area contributed by atoms with Gasteiger partial charge < -0.3 is 15.6 Å². The molecule has 1 amide bonds. The molecule has 0 saturated heterocycles. The van der Waals surface area contributed by atoms with Crippen molar-refractivity contribution < 1.29 is 4.79 Å². The van der Waals surface area contributed by atoms with Crippen LogP contribution in [0.4, 0.5) is 0 Å². The lowest BCUT2D eigenvalue weighted by Crippen LogP contribution is -2.31. The third kappa shape index (κ3) is 3.73. The number of nitrogens with one attached hydrogen (secondary N) is 3. The minimum absolute atomic E-state index is 0.149. The summed E-state index contributed by atoms with van der Waals surface area (Å²) in [7, 11) is 0. The average Bonchev–Trinajstić information content (AvgIpc) is 2.98. The Morgan fingerprint density at radius 2 is 1.83 bits per heavy atom. The van der Waals surface area contributed by atoms with Crippen molar-refractivity contribution in [3.05, 3.63) is 70.9 Å². The molecule has 0 aliphatic heterocycles. The molecule has 23 heavy (non-hydrogen) atoms. The SMILES string of the molecule is O=C(NCCNCc1c[nH]c2ccccc12)c1ccccc1Cl. The molecule has 118 valence electrons.